The van der Waals surface area contributed by atoms with Gasteiger partial charge in [0.25, 0.3) is 5.91 Å². The minimum absolute atomic E-state index is 0.0737. The highest BCUT2D eigenvalue weighted by atomic mass is 16.5. The van der Waals surface area contributed by atoms with Crippen LogP contribution in [-0.4, -0.2) is 44.3 Å². The summed E-state index contributed by atoms with van der Waals surface area (Å²) in [5.41, 5.74) is 1.23. The Balaban J connectivity index is 1.44. The van der Waals surface area contributed by atoms with E-state index in [0.29, 0.717) is 29.3 Å². The number of aromatic nitrogens is 4. The SMILES string of the molecule is CC(C)(C)NC(=O)COc1cccc(-c2nc(Nc3ccn[nH]3)c3cc(OC4CC4)ccc3n2)c1. The minimum Gasteiger partial charge on any atom is -0.490 e. The number of benzene rings is 2. The molecule has 0 saturated heterocycles. The van der Waals surface area contributed by atoms with Crippen LogP contribution in [0, 0.1) is 0 Å². The first-order valence-corrected chi connectivity index (χ1v) is 11.6. The quantitative estimate of drug-likeness (QED) is 0.343. The first kappa shape index (κ1) is 22.6. The Morgan fingerprint density at radius 2 is 1.94 bits per heavy atom. The molecule has 9 heteroatoms. The molecule has 1 saturated carbocycles. The number of aromatic amines is 1. The number of anilines is 2. The molecule has 0 unspecified atom stereocenters. The lowest BCUT2D eigenvalue weighted by atomic mass is 10.1. The summed E-state index contributed by atoms with van der Waals surface area (Å²) in [6, 6.07) is 15.1. The number of hydrogen-bond acceptors (Lipinski definition) is 7. The van der Waals surface area contributed by atoms with Gasteiger partial charge in [-0.05, 0) is 63.9 Å². The number of amides is 1. The molecule has 1 fully saturated rings. The van der Waals surface area contributed by atoms with Crippen LogP contribution >= 0.6 is 0 Å². The van der Waals surface area contributed by atoms with E-state index in [1.807, 2.05) is 63.2 Å². The Morgan fingerprint density at radius 1 is 1.09 bits per heavy atom. The Morgan fingerprint density at radius 3 is 2.69 bits per heavy atom. The number of H-pyrrole nitrogens is 1. The van der Waals surface area contributed by atoms with Crippen molar-refractivity contribution in [2.75, 3.05) is 11.9 Å². The van der Waals surface area contributed by atoms with Crippen LogP contribution in [0.4, 0.5) is 11.6 Å². The molecule has 0 radical (unpaired) electrons. The molecule has 2 aromatic carbocycles. The molecule has 4 aromatic rings. The zero-order valence-electron chi connectivity index (χ0n) is 20.0. The smallest absolute Gasteiger partial charge is 0.258 e. The molecule has 0 spiro atoms. The van der Waals surface area contributed by atoms with Gasteiger partial charge in [0.15, 0.2) is 12.4 Å². The van der Waals surface area contributed by atoms with E-state index < -0.39 is 0 Å². The van der Waals surface area contributed by atoms with Crippen LogP contribution < -0.4 is 20.1 Å². The van der Waals surface area contributed by atoms with Crippen molar-refractivity contribution in [1.82, 2.24) is 25.5 Å². The van der Waals surface area contributed by atoms with E-state index >= 15 is 0 Å². The first-order valence-electron chi connectivity index (χ1n) is 11.6. The Bertz CT molecular complexity index is 1340. The topological polar surface area (TPSA) is 114 Å². The fraction of sp³-hybridized carbons (Fsp3) is 0.308. The van der Waals surface area contributed by atoms with Crippen molar-refractivity contribution in [3.8, 4) is 22.9 Å². The molecule has 3 N–H and O–H groups in total. The monoisotopic (exact) mass is 472 g/mol. The van der Waals surface area contributed by atoms with Gasteiger partial charge < -0.3 is 20.1 Å². The zero-order chi connectivity index (χ0) is 24.4. The van der Waals surface area contributed by atoms with E-state index in [1.165, 1.54) is 0 Å². The molecule has 1 amide bonds. The minimum atomic E-state index is -0.317. The van der Waals surface area contributed by atoms with Gasteiger partial charge in [0.1, 0.15) is 23.1 Å². The van der Waals surface area contributed by atoms with Crippen LogP contribution in [0.25, 0.3) is 22.3 Å². The van der Waals surface area contributed by atoms with E-state index in [0.717, 1.165) is 35.1 Å². The van der Waals surface area contributed by atoms with Crippen molar-refractivity contribution in [2.45, 2.75) is 45.3 Å². The number of carbonyl (C=O) groups excluding carboxylic acids is 1. The number of ether oxygens (including phenoxy) is 2. The van der Waals surface area contributed by atoms with E-state index in [1.54, 1.807) is 12.3 Å². The highest BCUT2D eigenvalue weighted by Crippen LogP contribution is 2.33. The van der Waals surface area contributed by atoms with Gasteiger partial charge >= 0.3 is 0 Å². The normalized spacial score (nSPS) is 13.5. The molecule has 2 heterocycles. The second-order valence-corrected chi connectivity index (χ2v) is 9.60. The lowest BCUT2D eigenvalue weighted by Gasteiger charge is -2.20. The van der Waals surface area contributed by atoms with Crippen molar-refractivity contribution in [1.29, 1.82) is 0 Å². The van der Waals surface area contributed by atoms with E-state index in [9.17, 15) is 4.79 Å². The maximum absolute atomic E-state index is 12.1. The highest BCUT2D eigenvalue weighted by Gasteiger charge is 2.24. The predicted octanol–water partition coefficient (Wildman–Crippen LogP) is 4.60. The molecule has 0 aliphatic heterocycles. The number of rotatable bonds is 8. The molecular weight excluding hydrogens is 444 g/mol. The lowest BCUT2D eigenvalue weighted by Crippen LogP contribution is -2.43. The summed E-state index contributed by atoms with van der Waals surface area (Å²) in [5, 5.41) is 13.9. The Labute approximate surface area is 203 Å². The van der Waals surface area contributed by atoms with Gasteiger partial charge in [-0.25, -0.2) is 9.97 Å². The van der Waals surface area contributed by atoms with Gasteiger partial charge in [0.2, 0.25) is 0 Å². The number of nitrogens with one attached hydrogen (secondary N) is 3. The molecule has 35 heavy (non-hydrogen) atoms. The molecule has 5 rings (SSSR count). The Hall–Kier alpha value is -4.14. The van der Waals surface area contributed by atoms with Crippen LogP contribution in [0.1, 0.15) is 33.6 Å². The fourth-order valence-electron chi connectivity index (χ4n) is 3.56. The van der Waals surface area contributed by atoms with E-state index in [-0.39, 0.29) is 18.1 Å². The van der Waals surface area contributed by atoms with Crippen LogP contribution in [0.3, 0.4) is 0 Å². The summed E-state index contributed by atoms with van der Waals surface area (Å²) in [6.07, 6.45) is 4.14. The van der Waals surface area contributed by atoms with Gasteiger partial charge in [-0.3, -0.25) is 9.89 Å². The van der Waals surface area contributed by atoms with Crippen molar-refractivity contribution in [3.63, 3.8) is 0 Å². The molecule has 0 atom stereocenters. The number of carbonyl (C=O) groups is 1. The third kappa shape index (κ3) is 5.87. The van der Waals surface area contributed by atoms with Crippen LogP contribution in [0.2, 0.25) is 0 Å². The van der Waals surface area contributed by atoms with Gasteiger partial charge in [0.05, 0.1) is 17.8 Å². The van der Waals surface area contributed by atoms with Crippen molar-refractivity contribution in [2.24, 2.45) is 0 Å². The highest BCUT2D eigenvalue weighted by molar-refractivity contribution is 5.93. The maximum atomic E-state index is 12.1. The van der Waals surface area contributed by atoms with Gasteiger partial charge in [0, 0.05) is 22.6 Å². The number of hydrogen-bond donors (Lipinski definition) is 3. The third-order valence-electron chi connectivity index (χ3n) is 5.22. The van der Waals surface area contributed by atoms with Crippen LogP contribution in [0.5, 0.6) is 11.5 Å². The third-order valence-corrected chi connectivity index (χ3v) is 5.22. The van der Waals surface area contributed by atoms with Gasteiger partial charge in [-0.1, -0.05) is 12.1 Å². The van der Waals surface area contributed by atoms with E-state index in [4.69, 9.17) is 19.4 Å². The zero-order valence-corrected chi connectivity index (χ0v) is 20.0. The molecule has 1 aliphatic carbocycles. The summed E-state index contributed by atoms with van der Waals surface area (Å²) in [4.78, 5) is 21.7. The average molecular weight is 473 g/mol. The van der Waals surface area contributed by atoms with Gasteiger partial charge in [-0.15, -0.1) is 0 Å². The second-order valence-electron chi connectivity index (χ2n) is 9.60. The molecule has 2 aromatic heterocycles. The van der Waals surface area contributed by atoms with Crippen molar-refractivity contribution >= 4 is 28.4 Å². The molecular formula is C26H28N6O3. The number of nitrogens with zero attached hydrogens (tertiary/aromatic N) is 3. The largest absolute Gasteiger partial charge is 0.490 e. The van der Waals surface area contributed by atoms with Gasteiger partial charge in [-0.2, -0.15) is 5.10 Å². The summed E-state index contributed by atoms with van der Waals surface area (Å²) < 4.78 is 11.7. The average Bonchev–Trinajstić information content (AvgIpc) is 3.48. The summed E-state index contributed by atoms with van der Waals surface area (Å²) >= 11 is 0. The van der Waals surface area contributed by atoms with Crippen molar-refractivity contribution < 1.29 is 14.3 Å². The Kier molecular flexibility index (Phi) is 5.98. The van der Waals surface area contributed by atoms with Crippen molar-refractivity contribution in [3.05, 3.63) is 54.7 Å². The molecule has 0 bridgehead atoms. The summed E-state index contributed by atoms with van der Waals surface area (Å²) in [7, 11) is 0. The standard InChI is InChI=1S/C26H28N6O3/c1-26(2,3)31-23(33)15-34-18-6-4-5-16(13-18)24-28-21-10-9-19(35-17-7-8-17)14-20(21)25(30-24)29-22-11-12-27-32-22/h4-6,9-14,17H,7-8,15H2,1-3H3,(H,31,33)(H2,27,28,29,30,32). The summed E-state index contributed by atoms with van der Waals surface area (Å²) in [5.74, 6) is 3.05. The molecule has 180 valence electrons. The maximum Gasteiger partial charge on any atom is 0.258 e. The number of fused-ring (bicyclic) bond motifs is 1. The van der Waals surface area contributed by atoms with E-state index in [2.05, 4.69) is 20.8 Å². The second kappa shape index (κ2) is 9.25. The lowest BCUT2D eigenvalue weighted by molar-refractivity contribution is -0.124. The fourth-order valence-corrected chi connectivity index (χ4v) is 3.56. The van der Waals surface area contributed by atoms with Crippen LogP contribution in [-0.2, 0) is 4.79 Å². The molecule has 9 nitrogen and oxygen atoms in total. The summed E-state index contributed by atoms with van der Waals surface area (Å²) in [6.45, 7) is 5.71. The molecule has 1 aliphatic rings. The predicted molar refractivity (Wildman–Crippen MR) is 134 cm³/mol. The first-order chi connectivity index (χ1) is 16.8. The van der Waals surface area contributed by atoms with Crippen LogP contribution in [0.15, 0.2) is 54.7 Å².